The Morgan fingerprint density at radius 2 is 1.82 bits per heavy atom. The summed E-state index contributed by atoms with van der Waals surface area (Å²) >= 11 is 0. The average Bonchev–Trinajstić information content (AvgIpc) is 3.55. The summed E-state index contributed by atoms with van der Waals surface area (Å²) in [6, 6.07) is 16.3. The van der Waals surface area contributed by atoms with E-state index in [2.05, 4.69) is 81.3 Å². The monoisotopic (exact) mass is 605 g/mol. The number of fused-ring (bicyclic) bond motifs is 2. The summed E-state index contributed by atoms with van der Waals surface area (Å²) in [5.41, 5.74) is 5.09. The van der Waals surface area contributed by atoms with Crippen LogP contribution in [0.15, 0.2) is 48.7 Å². The quantitative estimate of drug-likeness (QED) is 0.291. The molecule has 3 aromatic rings. The smallest absolute Gasteiger partial charge is 0.318 e. The standard InChI is InChI=1S/C37H47N7O/c1-3-18-42-22-23-44(24-30(42)13-17-38)35-31-14-21-43(33-12-7-11-29-10-6-9-28(2)34(29)33)25-32(31)39-36(40-35)45-27-37(15-8-16-37)26-41-19-4-5-20-41/h3,6-7,9-12,18,30H,4-5,8,13-16,19-27H2,1-2H3. The molecule has 2 saturated heterocycles. The van der Waals surface area contributed by atoms with Gasteiger partial charge in [-0.15, -0.1) is 0 Å². The van der Waals surface area contributed by atoms with Gasteiger partial charge in [0.2, 0.25) is 0 Å². The summed E-state index contributed by atoms with van der Waals surface area (Å²) in [6.45, 7) is 12.6. The van der Waals surface area contributed by atoms with Crippen molar-refractivity contribution in [1.29, 1.82) is 5.26 Å². The molecule has 4 heterocycles. The number of ether oxygens (including phenoxy) is 1. The molecule has 7 rings (SSSR count). The lowest BCUT2D eigenvalue weighted by Crippen LogP contribution is -2.51. The van der Waals surface area contributed by atoms with E-state index >= 15 is 0 Å². The molecule has 2 aromatic carbocycles. The summed E-state index contributed by atoms with van der Waals surface area (Å²) < 4.78 is 6.62. The zero-order chi connectivity index (χ0) is 30.8. The molecule has 236 valence electrons. The number of aryl methyl sites for hydroxylation is 1. The first-order chi connectivity index (χ1) is 22.1. The Balaban J connectivity index is 1.20. The van der Waals surface area contributed by atoms with Gasteiger partial charge in [0.15, 0.2) is 0 Å². The molecular weight excluding hydrogens is 558 g/mol. The van der Waals surface area contributed by atoms with E-state index in [1.54, 1.807) is 0 Å². The number of piperazine rings is 1. The minimum atomic E-state index is 0.132. The van der Waals surface area contributed by atoms with E-state index in [4.69, 9.17) is 14.7 Å². The lowest BCUT2D eigenvalue weighted by molar-refractivity contribution is 0.0208. The molecular formula is C37H47N7O. The molecule has 45 heavy (non-hydrogen) atoms. The van der Waals surface area contributed by atoms with Crippen LogP contribution in [0.4, 0.5) is 11.5 Å². The van der Waals surface area contributed by atoms with Gasteiger partial charge >= 0.3 is 6.01 Å². The Morgan fingerprint density at radius 3 is 2.58 bits per heavy atom. The zero-order valence-electron chi connectivity index (χ0n) is 27.0. The maximum absolute atomic E-state index is 9.63. The number of likely N-dealkylation sites (tertiary alicyclic amines) is 1. The van der Waals surface area contributed by atoms with Crippen molar-refractivity contribution in [1.82, 2.24) is 19.8 Å². The van der Waals surface area contributed by atoms with Gasteiger partial charge in [-0.2, -0.15) is 15.2 Å². The van der Waals surface area contributed by atoms with E-state index in [9.17, 15) is 5.26 Å². The third kappa shape index (κ3) is 6.07. The normalized spacial score (nSPS) is 21.6. The van der Waals surface area contributed by atoms with Crippen molar-refractivity contribution >= 4 is 22.3 Å². The predicted molar refractivity (Wildman–Crippen MR) is 181 cm³/mol. The Labute approximate surface area is 268 Å². The minimum absolute atomic E-state index is 0.132. The molecule has 0 radical (unpaired) electrons. The maximum Gasteiger partial charge on any atom is 0.318 e. The van der Waals surface area contributed by atoms with Crippen molar-refractivity contribution in [3.63, 3.8) is 0 Å². The first-order valence-corrected chi connectivity index (χ1v) is 17.0. The van der Waals surface area contributed by atoms with Crippen molar-refractivity contribution in [3.05, 3.63) is 65.5 Å². The van der Waals surface area contributed by atoms with Gasteiger partial charge in [0.25, 0.3) is 0 Å². The minimum Gasteiger partial charge on any atom is -0.463 e. The predicted octanol–water partition coefficient (Wildman–Crippen LogP) is 6.08. The van der Waals surface area contributed by atoms with Gasteiger partial charge in [0.1, 0.15) is 5.82 Å². The number of nitriles is 1. The van der Waals surface area contributed by atoms with E-state index in [0.29, 0.717) is 19.0 Å². The molecule has 0 N–H and O–H groups in total. The second kappa shape index (κ2) is 12.9. The Bertz CT molecular complexity index is 1580. The van der Waals surface area contributed by atoms with Crippen LogP contribution in [0.25, 0.3) is 10.8 Å². The van der Waals surface area contributed by atoms with Crippen LogP contribution >= 0.6 is 0 Å². The van der Waals surface area contributed by atoms with Gasteiger partial charge in [-0.05, 0) is 82.3 Å². The van der Waals surface area contributed by atoms with E-state index in [1.165, 1.54) is 72.8 Å². The van der Waals surface area contributed by atoms with Crippen molar-refractivity contribution in [2.24, 2.45) is 5.41 Å². The Hall–Kier alpha value is -3.83. The fourth-order valence-electron chi connectivity index (χ4n) is 8.08. The van der Waals surface area contributed by atoms with E-state index in [-0.39, 0.29) is 11.5 Å². The summed E-state index contributed by atoms with van der Waals surface area (Å²) in [7, 11) is 0. The fourth-order valence-corrected chi connectivity index (χ4v) is 8.08. The maximum atomic E-state index is 9.63. The summed E-state index contributed by atoms with van der Waals surface area (Å²) in [6.07, 6.45) is 11.9. The first-order valence-electron chi connectivity index (χ1n) is 17.0. The topological polar surface area (TPSA) is 71.8 Å². The highest BCUT2D eigenvalue weighted by Gasteiger charge is 2.40. The Kier molecular flexibility index (Phi) is 8.55. The highest BCUT2D eigenvalue weighted by molar-refractivity contribution is 5.97. The highest BCUT2D eigenvalue weighted by Crippen LogP contribution is 2.43. The molecule has 8 nitrogen and oxygen atoms in total. The summed E-state index contributed by atoms with van der Waals surface area (Å²) in [5.74, 6) is 1.01. The SMILES string of the molecule is CC=CN1CCN(c2nc(OCC3(CN4CCCC4)CCC3)nc3c2CCN(c2cccc4cccc(C)c24)C3)CC1CC#N. The first kappa shape index (κ1) is 29.9. The number of benzene rings is 2. The molecule has 8 heteroatoms. The number of aromatic nitrogens is 2. The lowest BCUT2D eigenvalue weighted by atomic mass is 9.69. The largest absolute Gasteiger partial charge is 0.463 e. The van der Waals surface area contributed by atoms with Crippen LogP contribution in [0.5, 0.6) is 6.01 Å². The number of anilines is 2. The van der Waals surface area contributed by atoms with Gasteiger partial charge < -0.3 is 24.3 Å². The van der Waals surface area contributed by atoms with E-state index in [1.807, 2.05) is 6.92 Å². The lowest BCUT2D eigenvalue weighted by Gasteiger charge is -2.44. The number of hydrogen-bond donors (Lipinski definition) is 0. The molecule has 3 fully saturated rings. The van der Waals surface area contributed by atoms with Crippen molar-refractivity contribution in [2.75, 3.05) is 62.2 Å². The molecule has 3 aliphatic heterocycles. The highest BCUT2D eigenvalue weighted by atomic mass is 16.5. The molecule has 1 aromatic heterocycles. The molecule has 1 aliphatic carbocycles. The van der Waals surface area contributed by atoms with Crippen LogP contribution < -0.4 is 14.5 Å². The average molecular weight is 606 g/mol. The van der Waals surface area contributed by atoms with Gasteiger partial charge in [0, 0.05) is 54.8 Å². The molecule has 4 aliphatic rings. The Morgan fingerprint density at radius 1 is 1.00 bits per heavy atom. The molecule has 1 atom stereocenters. The number of allylic oxidation sites excluding steroid dienone is 1. The van der Waals surface area contributed by atoms with Crippen molar-refractivity contribution in [2.45, 2.75) is 71.4 Å². The fraction of sp³-hybridized carbons (Fsp3) is 0.541. The third-order valence-corrected chi connectivity index (χ3v) is 10.6. The second-order valence-corrected chi connectivity index (χ2v) is 13.7. The van der Waals surface area contributed by atoms with Crippen molar-refractivity contribution in [3.8, 4) is 12.1 Å². The molecule has 1 saturated carbocycles. The molecule has 0 spiro atoms. The van der Waals surface area contributed by atoms with Crippen LogP contribution in [0.1, 0.15) is 62.3 Å². The van der Waals surface area contributed by atoms with Crippen LogP contribution in [0, 0.1) is 23.7 Å². The summed E-state index contributed by atoms with van der Waals surface area (Å²) in [4.78, 5) is 20.2. The van der Waals surface area contributed by atoms with Crippen LogP contribution in [0.2, 0.25) is 0 Å². The molecule has 0 bridgehead atoms. The van der Waals surface area contributed by atoms with Crippen molar-refractivity contribution < 1.29 is 4.74 Å². The van der Waals surface area contributed by atoms with E-state index < -0.39 is 0 Å². The number of rotatable bonds is 9. The van der Waals surface area contributed by atoms with Gasteiger partial charge in [0.05, 0.1) is 37.4 Å². The number of nitrogens with zero attached hydrogens (tertiary/aromatic N) is 7. The summed E-state index contributed by atoms with van der Waals surface area (Å²) in [5, 5.41) is 12.2. The zero-order valence-corrected chi connectivity index (χ0v) is 27.0. The molecule has 0 amide bonds. The van der Waals surface area contributed by atoms with Gasteiger partial charge in [-0.1, -0.05) is 42.8 Å². The van der Waals surface area contributed by atoms with E-state index in [0.717, 1.165) is 57.2 Å². The van der Waals surface area contributed by atoms with Crippen LogP contribution in [0.3, 0.4) is 0 Å². The molecule has 1 unspecified atom stereocenters. The van der Waals surface area contributed by atoms with Gasteiger partial charge in [-0.25, -0.2) is 0 Å². The third-order valence-electron chi connectivity index (χ3n) is 10.6. The number of hydrogen-bond acceptors (Lipinski definition) is 8. The van der Waals surface area contributed by atoms with Crippen LogP contribution in [-0.4, -0.2) is 78.2 Å². The second-order valence-electron chi connectivity index (χ2n) is 13.7. The van der Waals surface area contributed by atoms with Gasteiger partial charge in [-0.3, -0.25) is 0 Å². The van der Waals surface area contributed by atoms with Crippen LogP contribution in [-0.2, 0) is 13.0 Å².